The molecule has 2 rings (SSSR count). The van der Waals surface area contributed by atoms with Crippen LogP contribution in [0, 0.1) is 17.8 Å². The maximum absolute atomic E-state index is 12.7. The van der Waals surface area contributed by atoms with E-state index in [4.69, 9.17) is 9.47 Å². The molecule has 2 aromatic rings. The highest BCUT2D eigenvalue weighted by molar-refractivity contribution is 5.89. The van der Waals surface area contributed by atoms with E-state index in [1.54, 1.807) is 24.3 Å². The topological polar surface area (TPSA) is 52.6 Å². The Kier molecular flexibility index (Phi) is 13.8. The first kappa shape index (κ1) is 28.6. The third-order valence-corrected chi connectivity index (χ3v) is 6.83. The number of ether oxygens (including phenoxy) is 2. The SMILES string of the molecule is CCCCC(COC(=O)c1ccccc1)C(CCCC)C(CCCC)COC(=O)c1ccccc1. The molecular formula is C31H44O4. The highest BCUT2D eigenvalue weighted by Crippen LogP contribution is 2.34. The molecule has 35 heavy (non-hydrogen) atoms. The molecule has 0 aliphatic rings. The Morgan fingerprint density at radius 3 is 1.34 bits per heavy atom. The van der Waals surface area contributed by atoms with Crippen LogP contribution in [-0.4, -0.2) is 25.2 Å². The molecule has 0 bridgehead atoms. The highest BCUT2D eigenvalue weighted by atomic mass is 16.5. The third kappa shape index (κ3) is 10.3. The average Bonchev–Trinajstić information content (AvgIpc) is 2.91. The van der Waals surface area contributed by atoms with Crippen LogP contribution in [-0.2, 0) is 9.47 Å². The summed E-state index contributed by atoms with van der Waals surface area (Å²) in [4.78, 5) is 25.4. The summed E-state index contributed by atoms with van der Waals surface area (Å²) in [5.41, 5.74) is 1.18. The molecule has 0 saturated carbocycles. The van der Waals surface area contributed by atoms with Gasteiger partial charge in [-0.1, -0.05) is 95.7 Å². The van der Waals surface area contributed by atoms with Gasteiger partial charge in [-0.05, 0) is 61.3 Å². The number of hydrogen-bond acceptors (Lipinski definition) is 4. The van der Waals surface area contributed by atoms with E-state index in [0.717, 1.165) is 57.8 Å². The Hall–Kier alpha value is -2.62. The van der Waals surface area contributed by atoms with Crippen LogP contribution >= 0.6 is 0 Å². The van der Waals surface area contributed by atoms with Crippen molar-refractivity contribution in [2.45, 2.75) is 78.6 Å². The average molecular weight is 481 g/mol. The number of carbonyl (C=O) groups excluding carboxylic acids is 2. The lowest BCUT2D eigenvalue weighted by atomic mass is 9.75. The third-order valence-electron chi connectivity index (χ3n) is 6.83. The Labute approximate surface area is 212 Å². The summed E-state index contributed by atoms with van der Waals surface area (Å²) >= 11 is 0. The molecule has 0 saturated heterocycles. The Bertz CT molecular complexity index is 766. The van der Waals surface area contributed by atoms with Crippen molar-refractivity contribution in [1.82, 2.24) is 0 Å². The van der Waals surface area contributed by atoms with E-state index in [1.807, 2.05) is 36.4 Å². The summed E-state index contributed by atoms with van der Waals surface area (Å²) in [7, 11) is 0. The Balaban J connectivity index is 2.17. The predicted molar refractivity (Wildman–Crippen MR) is 142 cm³/mol. The lowest BCUT2D eigenvalue weighted by molar-refractivity contribution is 0.0157. The quantitative estimate of drug-likeness (QED) is 0.215. The normalized spacial score (nSPS) is 13.6. The van der Waals surface area contributed by atoms with E-state index in [0.29, 0.717) is 30.3 Å². The van der Waals surface area contributed by atoms with Crippen molar-refractivity contribution in [3.05, 3.63) is 71.8 Å². The van der Waals surface area contributed by atoms with Crippen molar-refractivity contribution >= 4 is 11.9 Å². The van der Waals surface area contributed by atoms with Gasteiger partial charge < -0.3 is 9.47 Å². The van der Waals surface area contributed by atoms with Gasteiger partial charge in [-0.25, -0.2) is 9.59 Å². The minimum atomic E-state index is -0.262. The van der Waals surface area contributed by atoms with Gasteiger partial charge in [0.05, 0.1) is 24.3 Å². The van der Waals surface area contributed by atoms with Gasteiger partial charge >= 0.3 is 11.9 Å². The van der Waals surface area contributed by atoms with E-state index in [-0.39, 0.29) is 23.8 Å². The second-order valence-electron chi connectivity index (χ2n) is 9.54. The number of carbonyl (C=O) groups is 2. The van der Waals surface area contributed by atoms with Crippen LogP contribution in [0.15, 0.2) is 60.7 Å². The highest BCUT2D eigenvalue weighted by Gasteiger charge is 2.31. The molecule has 2 aromatic carbocycles. The lowest BCUT2D eigenvalue weighted by Crippen LogP contribution is -2.32. The molecule has 0 aliphatic carbocycles. The number of rotatable bonds is 17. The first-order chi connectivity index (χ1) is 17.1. The molecule has 0 fully saturated rings. The van der Waals surface area contributed by atoms with Gasteiger partial charge in [-0.2, -0.15) is 0 Å². The van der Waals surface area contributed by atoms with Crippen molar-refractivity contribution in [2.75, 3.05) is 13.2 Å². The Morgan fingerprint density at radius 2 is 0.971 bits per heavy atom. The fourth-order valence-electron chi connectivity index (χ4n) is 4.75. The molecule has 2 unspecified atom stereocenters. The van der Waals surface area contributed by atoms with Crippen LogP contribution in [0.3, 0.4) is 0 Å². The molecule has 0 spiro atoms. The molecule has 0 amide bonds. The zero-order valence-corrected chi connectivity index (χ0v) is 21.9. The molecule has 4 heteroatoms. The number of esters is 2. The molecule has 0 radical (unpaired) electrons. The first-order valence-corrected chi connectivity index (χ1v) is 13.5. The standard InChI is InChI=1S/C31H44O4/c1-4-7-16-27(23-34-30(32)25-18-12-10-13-19-25)29(22-9-6-3)28(17-8-5-2)24-35-31(33)26-20-14-11-15-21-26/h10-15,18-21,27-29H,4-9,16-17,22-24H2,1-3H3. The second kappa shape index (κ2) is 16.9. The van der Waals surface area contributed by atoms with Gasteiger partial charge in [0.15, 0.2) is 0 Å². The van der Waals surface area contributed by atoms with Gasteiger partial charge in [0.2, 0.25) is 0 Å². The van der Waals surface area contributed by atoms with Crippen molar-refractivity contribution in [3.8, 4) is 0 Å². The summed E-state index contributed by atoms with van der Waals surface area (Å²) < 4.78 is 11.7. The number of hydrogen-bond donors (Lipinski definition) is 0. The maximum Gasteiger partial charge on any atom is 0.338 e. The zero-order valence-electron chi connectivity index (χ0n) is 21.9. The fraction of sp³-hybridized carbons (Fsp3) is 0.548. The van der Waals surface area contributed by atoms with Gasteiger partial charge in [0, 0.05) is 0 Å². The van der Waals surface area contributed by atoms with Crippen molar-refractivity contribution < 1.29 is 19.1 Å². The van der Waals surface area contributed by atoms with Crippen LogP contribution in [0.1, 0.15) is 99.3 Å². The lowest BCUT2D eigenvalue weighted by Gasteiger charge is -2.34. The summed E-state index contributed by atoms with van der Waals surface area (Å²) in [6, 6.07) is 18.4. The second-order valence-corrected chi connectivity index (χ2v) is 9.54. The molecule has 4 nitrogen and oxygen atoms in total. The van der Waals surface area contributed by atoms with Crippen molar-refractivity contribution in [3.63, 3.8) is 0 Å². The molecule has 192 valence electrons. The fourth-order valence-corrected chi connectivity index (χ4v) is 4.75. The molecular weight excluding hydrogens is 436 g/mol. The van der Waals surface area contributed by atoms with E-state index in [1.165, 1.54) is 0 Å². The molecule has 2 atom stereocenters. The van der Waals surface area contributed by atoms with Crippen molar-refractivity contribution in [2.24, 2.45) is 17.8 Å². The number of benzene rings is 2. The monoisotopic (exact) mass is 480 g/mol. The summed E-state index contributed by atoms with van der Waals surface area (Å²) in [6.45, 7) is 7.44. The molecule has 0 N–H and O–H groups in total. The smallest absolute Gasteiger partial charge is 0.338 e. The predicted octanol–water partition coefficient (Wildman–Crippen LogP) is 8.12. The van der Waals surface area contributed by atoms with Gasteiger partial charge in [-0.15, -0.1) is 0 Å². The summed E-state index contributed by atoms with van der Waals surface area (Å²) in [6.07, 6.45) is 9.73. The van der Waals surface area contributed by atoms with Crippen LogP contribution in [0.25, 0.3) is 0 Å². The van der Waals surface area contributed by atoms with E-state index in [2.05, 4.69) is 20.8 Å². The largest absolute Gasteiger partial charge is 0.462 e. The maximum atomic E-state index is 12.7. The zero-order chi connectivity index (χ0) is 25.3. The molecule has 0 aliphatic heterocycles. The minimum Gasteiger partial charge on any atom is -0.462 e. The number of unbranched alkanes of at least 4 members (excludes halogenated alkanes) is 3. The molecule has 0 aromatic heterocycles. The van der Waals surface area contributed by atoms with Gasteiger partial charge in [0.1, 0.15) is 0 Å². The Morgan fingerprint density at radius 1 is 0.600 bits per heavy atom. The first-order valence-electron chi connectivity index (χ1n) is 13.5. The van der Waals surface area contributed by atoms with E-state index >= 15 is 0 Å². The minimum absolute atomic E-state index is 0.256. The van der Waals surface area contributed by atoms with Crippen LogP contribution in [0.4, 0.5) is 0 Å². The summed E-state index contributed by atoms with van der Waals surface area (Å²) in [5.74, 6) is 0.335. The van der Waals surface area contributed by atoms with Gasteiger partial charge in [0.25, 0.3) is 0 Å². The molecule has 0 heterocycles. The van der Waals surface area contributed by atoms with Crippen LogP contribution in [0.2, 0.25) is 0 Å². The van der Waals surface area contributed by atoms with Crippen molar-refractivity contribution in [1.29, 1.82) is 0 Å². The van der Waals surface area contributed by atoms with E-state index < -0.39 is 0 Å². The van der Waals surface area contributed by atoms with Crippen LogP contribution in [0.5, 0.6) is 0 Å². The van der Waals surface area contributed by atoms with Gasteiger partial charge in [-0.3, -0.25) is 0 Å². The van der Waals surface area contributed by atoms with Crippen LogP contribution < -0.4 is 0 Å². The van der Waals surface area contributed by atoms with E-state index in [9.17, 15) is 9.59 Å². The summed E-state index contributed by atoms with van der Waals surface area (Å²) in [5, 5.41) is 0.